The molecule has 6 heteroatoms. The summed E-state index contributed by atoms with van der Waals surface area (Å²) < 4.78 is 5.57. The minimum Gasteiger partial charge on any atom is -0.508 e. The van der Waals surface area contributed by atoms with Crippen LogP contribution in [0.2, 0.25) is 0 Å². The molecule has 0 aliphatic heterocycles. The molecule has 1 saturated carbocycles. The first-order chi connectivity index (χ1) is 19.4. The van der Waals surface area contributed by atoms with Crippen LogP contribution in [-0.4, -0.2) is 16.1 Å². The summed E-state index contributed by atoms with van der Waals surface area (Å²) in [5.41, 5.74) is 10.5. The Morgan fingerprint density at radius 3 is 2.41 bits per heavy atom. The highest BCUT2D eigenvalue weighted by Gasteiger charge is 2.54. The molecule has 3 atom stereocenters. The SMILES string of the molecule is CC(C)c1ccc2c(c1)CCC1C(C)(C(N)=O)CCCC21C.O=c1cc(-c2ccccc2)oc2cc(O)cc(O)c12. The van der Waals surface area contributed by atoms with Crippen molar-refractivity contribution in [3.63, 3.8) is 0 Å². The first kappa shape index (κ1) is 28.5. The molecular weight excluding hydrogens is 514 g/mol. The predicted octanol–water partition coefficient (Wildman–Crippen LogP) is 7.18. The number of benzene rings is 3. The molecule has 1 aromatic heterocycles. The third-order valence-corrected chi connectivity index (χ3v) is 9.46. The van der Waals surface area contributed by atoms with Crippen LogP contribution in [0.1, 0.15) is 76.0 Å². The number of carbonyl (C=O) groups is 1. The molecule has 214 valence electrons. The second-order valence-electron chi connectivity index (χ2n) is 12.4. The number of nitrogens with two attached hydrogens (primary N) is 1. The standard InChI is InChI=1S/C20H29NO.C15H10O4/c1-13(2)14-6-8-16-15(12-14)7-9-17-19(16,3)10-5-11-20(17,4)18(21)22;16-10-6-11(17)15-12(18)8-13(19-14(15)7-10)9-4-2-1-3-5-9/h6,8,12-13,17H,5,7,9-11H2,1-4H3,(H2,21,22);1-8,16-17H. The molecule has 1 fully saturated rings. The van der Waals surface area contributed by atoms with Gasteiger partial charge in [-0.3, -0.25) is 9.59 Å². The normalized spacial score (nSPS) is 23.3. The number of aromatic hydroxyl groups is 2. The Balaban J connectivity index is 0.000000166. The van der Waals surface area contributed by atoms with E-state index in [1.54, 1.807) is 0 Å². The van der Waals surface area contributed by atoms with Crippen LogP contribution < -0.4 is 11.2 Å². The molecule has 0 radical (unpaired) electrons. The van der Waals surface area contributed by atoms with E-state index in [1.807, 2.05) is 30.3 Å². The van der Waals surface area contributed by atoms with Gasteiger partial charge in [0.05, 0.1) is 0 Å². The van der Waals surface area contributed by atoms with E-state index in [0.717, 1.165) is 37.3 Å². The maximum absolute atomic E-state index is 12.2. The van der Waals surface area contributed by atoms with E-state index in [2.05, 4.69) is 45.9 Å². The van der Waals surface area contributed by atoms with Gasteiger partial charge in [-0.05, 0) is 59.6 Å². The first-order valence-electron chi connectivity index (χ1n) is 14.4. The number of fused-ring (bicyclic) bond motifs is 4. The second kappa shape index (κ2) is 10.7. The zero-order valence-corrected chi connectivity index (χ0v) is 24.2. The van der Waals surface area contributed by atoms with Gasteiger partial charge in [-0.25, -0.2) is 0 Å². The highest BCUT2D eigenvalue weighted by atomic mass is 16.3. The molecule has 3 aromatic carbocycles. The molecule has 41 heavy (non-hydrogen) atoms. The number of phenolic OH excluding ortho intramolecular Hbond substituents is 2. The Labute approximate surface area is 240 Å². The van der Waals surface area contributed by atoms with Gasteiger partial charge < -0.3 is 20.4 Å². The number of hydrogen-bond acceptors (Lipinski definition) is 5. The average molecular weight is 554 g/mol. The third-order valence-electron chi connectivity index (χ3n) is 9.46. The van der Waals surface area contributed by atoms with Crippen molar-refractivity contribution in [3.8, 4) is 22.8 Å². The van der Waals surface area contributed by atoms with E-state index in [1.165, 1.54) is 35.2 Å². The van der Waals surface area contributed by atoms with Crippen molar-refractivity contribution in [1.29, 1.82) is 0 Å². The number of primary amides is 1. The maximum Gasteiger partial charge on any atom is 0.223 e. The monoisotopic (exact) mass is 553 g/mol. The summed E-state index contributed by atoms with van der Waals surface area (Å²) in [5.74, 6) is 0.789. The molecule has 2 aliphatic carbocycles. The van der Waals surface area contributed by atoms with Crippen LogP contribution in [0.5, 0.6) is 11.5 Å². The van der Waals surface area contributed by atoms with Crippen LogP contribution in [0.4, 0.5) is 0 Å². The van der Waals surface area contributed by atoms with Gasteiger partial charge in [-0.15, -0.1) is 0 Å². The lowest BCUT2D eigenvalue weighted by Gasteiger charge is -2.54. The minimum atomic E-state index is -0.349. The summed E-state index contributed by atoms with van der Waals surface area (Å²) in [5, 5.41) is 19.2. The molecule has 6 nitrogen and oxygen atoms in total. The Bertz CT molecular complexity index is 1660. The molecule has 0 bridgehead atoms. The first-order valence-corrected chi connectivity index (χ1v) is 14.4. The zero-order valence-electron chi connectivity index (χ0n) is 24.2. The van der Waals surface area contributed by atoms with Gasteiger partial charge in [0, 0.05) is 29.2 Å². The highest BCUT2D eigenvalue weighted by Crippen LogP contribution is 2.57. The third kappa shape index (κ3) is 5.12. The van der Waals surface area contributed by atoms with Gasteiger partial charge in [0.1, 0.15) is 28.2 Å². The van der Waals surface area contributed by atoms with Crippen LogP contribution in [-0.2, 0) is 16.6 Å². The van der Waals surface area contributed by atoms with Crippen LogP contribution in [0.3, 0.4) is 0 Å². The smallest absolute Gasteiger partial charge is 0.223 e. The average Bonchev–Trinajstić information content (AvgIpc) is 2.92. The van der Waals surface area contributed by atoms with Crippen molar-refractivity contribution in [2.75, 3.05) is 0 Å². The highest BCUT2D eigenvalue weighted by molar-refractivity contribution is 5.86. The van der Waals surface area contributed by atoms with Crippen molar-refractivity contribution in [3.05, 3.63) is 93.6 Å². The van der Waals surface area contributed by atoms with Crippen molar-refractivity contribution in [2.24, 2.45) is 17.1 Å². The lowest BCUT2D eigenvalue weighted by atomic mass is 9.49. The van der Waals surface area contributed by atoms with E-state index >= 15 is 0 Å². The summed E-state index contributed by atoms with van der Waals surface area (Å²) in [6.07, 6.45) is 5.39. The van der Waals surface area contributed by atoms with Gasteiger partial charge in [-0.1, -0.05) is 82.6 Å². The van der Waals surface area contributed by atoms with Crippen LogP contribution in [0, 0.1) is 11.3 Å². The summed E-state index contributed by atoms with van der Waals surface area (Å²) >= 11 is 0. The Kier molecular flexibility index (Phi) is 7.45. The predicted molar refractivity (Wildman–Crippen MR) is 162 cm³/mol. The number of rotatable bonds is 3. The largest absolute Gasteiger partial charge is 0.508 e. The Morgan fingerprint density at radius 1 is 1.00 bits per heavy atom. The number of aryl methyl sites for hydroxylation is 1. The van der Waals surface area contributed by atoms with Gasteiger partial charge in [-0.2, -0.15) is 0 Å². The van der Waals surface area contributed by atoms with E-state index in [0.29, 0.717) is 17.6 Å². The molecule has 0 saturated heterocycles. The molecule has 1 heterocycles. The molecular formula is C35H39NO5. The second-order valence-corrected chi connectivity index (χ2v) is 12.4. The van der Waals surface area contributed by atoms with Gasteiger partial charge in [0.2, 0.25) is 5.91 Å². The Hall–Kier alpha value is -4.06. The van der Waals surface area contributed by atoms with E-state index in [-0.39, 0.29) is 44.6 Å². The molecule has 1 amide bonds. The van der Waals surface area contributed by atoms with Gasteiger partial charge in [0.15, 0.2) is 5.43 Å². The Morgan fingerprint density at radius 2 is 1.73 bits per heavy atom. The summed E-state index contributed by atoms with van der Waals surface area (Å²) in [6.45, 7) is 8.97. The topological polar surface area (TPSA) is 114 Å². The van der Waals surface area contributed by atoms with Crippen molar-refractivity contribution in [1.82, 2.24) is 0 Å². The van der Waals surface area contributed by atoms with Gasteiger partial charge >= 0.3 is 0 Å². The van der Waals surface area contributed by atoms with Crippen LogP contribution in [0.15, 0.2) is 75.9 Å². The van der Waals surface area contributed by atoms with E-state index in [4.69, 9.17) is 10.2 Å². The van der Waals surface area contributed by atoms with Crippen molar-refractivity contribution < 1.29 is 19.4 Å². The number of amides is 1. The van der Waals surface area contributed by atoms with Crippen molar-refractivity contribution >= 4 is 16.9 Å². The lowest BCUT2D eigenvalue weighted by molar-refractivity contribution is -0.135. The number of phenols is 2. The van der Waals surface area contributed by atoms with Crippen molar-refractivity contribution in [2.45, 2.75) is 71.1 Å². The number of carbonyl (C=O) groups excluding carboxylic acids is 1. The maximum atomic E-state index is 12.2. The molecule has 0 spiro atoms. The number of hydrogen-bond donors (Lipinski definition) is 3. The minimum absolute atomic E-state index is 0.0671. The molecule has 2 aliphatic rings. The van der Waals surface area contributed by atoms with E-state index in [9.17, 15) is 19.8 Å². The molecule has 3 unspecified atom stereocenters. The summed E-state index contributed by atoms with van der Waals surface area (Å²) in [6, 6.07) is 19.9. The van der Waals surface area contributed by atoms with Gasteiger partial charge in [0.25, 0.3) is 0 Å². The quantitative estimate of drug-likeness (QED) is 0.249. The fourth-order valence-electron chi connectivity index (χ4n) is 7.16. The fourth-order valence-corrected chi connectivity index (χ4v) is 7.16. The molecule has 4 aromatic rings. The van der Waals surface area contributed by atoms with E-state index < -0.39 is 0 Å². The lowest BCUT2D eigenvalue weighted by Crippen LogP contribution is -2.54. The summed E-state index contributed by atoms with van der Waals surface area (Å²) in [7, 11) is 0. The zero-order chi connectivity index (χ0) is 29.5. The van der Waals surface area contributed by atoms with Crippen LogP contribution >= 0.6 is 0 Å². The molecule has 4 N–H and O–H groups in total. The molecule has 6 rings (SSSR count). The fraction of sp³-hybridized carbons (Fsp3) is 0.371. The van der Waals surface area contributed by atoms with Crippen LogP contribution in [0.25, 0.3) is 22.3 Å². The summed E-state index contributed by atoms with van der Waals surface area (Å²) in [4.78, 5) is 24.2.